The maximum absolute atomic E-state index is 13.1. The van der Waals surface area contributed by atoms with Crippen molar-refractivity contribution < 1.29 is 19.1 Å². The number of carbonyl (C=O) groups is 2. The lowest BCUT2D eigenvalue weighted by molar-refractivity contribution is -0.148. The number of hydrogen-bond donors (Lipinski definition) is 3. The largest absolute Gasteiger partial charge is 0.481 e. The Labute approximate surface area is 122 Å². The number of urea groups is 1. The highest BCUT2D eigenvalue weighted by Crippen LogP contribution is 2.37. The monoisotopic (exact) mass is 294 g/mol. The molecule has 114 valence electrons. The topological polar surface area (TPSA) is 78.4 Å². The summed E-state index contributed by atoms with van der Waals surface area (Å²) in [6, 6.07) is 3.60. The molecule has 1 aliphatic carbocycles. The average molecular weight is 294 g/mol. The maximum atomic E-state index is 13.1. The predicted octanol–water partition coefficient (Wildman–Crippen LogP) is 2.90. The second-order valence-electron chi connectivity index (χ2n) is 5.56. The van der Waals surface area contributed by atoms with Crippen LogP contribution in [-0.4, -0.2) is 23.7 Å². The van der Waals surface area contributed by atoms with Crippen LogP contribution < -0.4 is 10.6 Å². The third-order valence-electron chi connectivity index (χ3n) is 4.05. The van der Waals surface area contributed by atoms with Crippen LogP contribution in [0.5, 0.6) is 0 Å². The van der Waals surface area contributed by atoms with Gasteiger partial charge in [0.1, 0.15) is 5.82 Å². The third kappa shape index (κ3) is 3.51. The van der Waals surface area contributed by atoms with Gasteiger partial charge in [0.15, 0.2) is 0 Å². The molecule has 0 bridgehead atoms. The lowest BCUT2D eigenvalue weighted by Gasteiger charge is -2.24. The van der Waals surface area contributed by atoms with Gasteiger partial charge in [0.05, 0.1) is 5.41 Å². The van der Waals surface area contributed by atoms with E-state index >= 15 is 0 Å². The Morgan fingerprint density at radius 1 is 1.33 bits per heavy atom. The van der Waals surface area contributed by atoms with Gasteiger partial charge in [-0.2, -0.15) is 0 Å². The number of carboxylic acid groups (broad SMARTS) is 1. The van der Waals surface area contributed by atoms with Crippen molar-refractivity contribution >= 4 is 17.7 Å². The molecule has 2 amide bonds. The summed E-state index contributed by atoms with van der Waals surface area (Å²) in [5, 5.41) is 14.5. The summed E-state index contributed by atoms with van der Waals surface area (Å²) in [4.78, 5) is 23.2. The minimum Gasteiger partial charge on any atom is -0.481 e. The van der Waals surface area contributed by atoms with Crippen LogP contribution in [-0.2, 0) is 4.79 Å². The molecule has 0 atom stereocenters. The quantitative estimate of drug-likeness (QED) is 0.799. The minimum absolute atomic E-state index is 0.0858. The van der Waals surface area contributed by atoms with Gasteiger partial charge < -0.3 is 15.7 Å². The van der Waals surface area contributed by atoms with Gasteiger partial charge in [-0.15, -0.1) is 0 Å². The molecule has 5 nitrogen and oxygen atoms in total. The lowest BCUT2D eigenvalue weighted by atomic mass is 9.86. The van der Waals surface area contributed by atoms with E-state index in [9.17, 15) is 19.1 Å². The standard InChI is InChI=1S/C15H19FN2O3/c1-10-4-5-11(16)8-12(10)18-14(21)17-9-15(13(19)20)6-2-3-7-15/h4-5,8H,2-3,6-7,9H2,1H3,(H,19,20)(H2,17,18,21). The highest BCUT2D eigenvalue weighted by Gasteiger charge is 2.41. The first-order valence-electron chi connectivity index (χ1n) is 6.97. The van der Waals surface area contributed by atoms with E-state index in [0.717, 1.165) is 18.4 Å². The normalized spacial score (nSPS) is 16.5. The van der Waals surface area contributed by atoms with Crippen molar-refractivity contribution in [2.24, 2.45) is 5.41 Å². The van der Waals surface area contributed by atoms with E-state index in [2.05, 4.69) is 10.6 Å². The second-order valence-corrected chi connectivity index (χ2v) is 5.56. The molecule has 0 spiro atoms. The molecular formula is C15H19FN2O3. The Morgan fingerprint density at radius 3 is 2.62 bits per heavy atom. The van der Waals surface area contributed by atoms with Crippen LogP contribution in [0.2, 0.25) is 0 Å². The molecule has 1 aromatic rings. The summed E-state index contributed by atoms with van der Waals surface area (Å²) in [5.74, 6) is -1.31. The summed E-state index contributed by atoms with van der Waals surface area (Å²) in [6.07, 6.45) is 2.86. The Balaban J connectivity index is 1.96. The van der Waals surface area contributed by atoms with Gasteiger partial charge in [0.25, 0.3) is 0 Å². The maximum Gasteiger partial charge on any atom is 0.319 e. The Morgan fingerprint density at radius 2 is 2.00 bits per heavy atom. The zero-order valence-electron chi connectivity index (χ0n) is 11.9. The number of aliphatic carboxylic acids is 1. The Bertz CT molecular complexity index is 554. The SMILES string of the molecule is Cc1ccc(F)cc1NC(=O)NCC1(C(=O)O)CCCC1. The summed E-state index contributed by atoms with van der Waals surface area (Å²) in [5.41, 5.74) is 0.248. The van der Waals surface area contributed by atoms with E-state index in [4.69, 9.17) is 0 Å². The highest BCUT2D eigenvalue weighted by molar-refractivity contribution is 5.90. The van der Waals surface area contributed by atoms with E-state index in [1.54, 1.807) is 13.0 Å². The van der Waals surface area contributed by atoms with Crippen molar-refractivity contribution in [3.05, 3.63) is 29.6 Å². The van der Waals surface area contributed by atoms with Crippen LogP contribution in [0.15, 0.2) is 18.2 Å². The van der Waals surface area contributed by atoms with Gasteiger partial charge in [0, 0.05) is 12.2 Å². The molecule has 21 heavy (non-hydrogen) atoms. The van der Waals surface area contributed by atoms with Crippen LogP contribution in [0.1, 0.15) is 31.2 Å². The van der Waals surface area contributed by atoms with Crippen molar-refractivity contribution in [2.75, 3.05) is 11.9 Å². The second kappa shape index (κ2) is 6.11. The van der Waals surface area contributed by atoms with Crippen LogP contribution in [0.25, 0.3) is 0 Å². The van der Waals surface area contributed by atoms with Gasteiger partial charge in [-0.05, 0) is 37.5 Å². The molecule has 0 aliphatic heterocycles. The first-order chi connectivity index (χ1) is 9.93. The van der Waals surface area contributed by atoms with Gasteiger partial charge >= 0.3 is 12.0 Å². The fourth-order valence-corrected chi connectivity index (χ4v) is 2.66. The van der Waals surface area contributed by atoms with E-state index in [1.807, 2.05) is 0 Å². The predicted molar refractivity (Wildman–Crippen MR) is 76.7 cm³/mol. The molecule has 0 aromatic heterocycles. The minimum atomic E-state index is -0.873. The summed E-state index contributed by atoms with van der Waals surface area (Å²) >= 11 is 0. The van der Waals surface area contributed by atoms with Crippen molar-refractivity contribution in [3.8, 4) is 0 Å². The highest BCUT2D eigenvalue weighted by atomic mass is 19.1. The van der Waals surface area contributed by atoms with E-state index < -0.39 is 23.2 Å². The molecule has 0 saturated heterocycles. The van der Waals surface area contributed by atoms with Gasteiger partial charge in [-0.1, -0.05) is 18.9 Å². The van der Waals surface area contributed by atoms with E-state index in [1.165, 1.54) is 12.1 Å². The molecule has 1 fully saturated rings. The van der Waals surface area contributed by atoms with Gasteiger partial charge in [-0.25, -0.2) is 9.18 Å². The number of amides is 2. The van der Waals surface area contributed by atoms with Gasteiger partial charge in [-0.3, -0.25) is 4.79 Å². The summed E-state index contributed by atoms with van der Waals surface area (Å²) in [6.45, 7) is 1.84. The Hall–Kier alpha value is -2.11. The van der Waals surface area contributed by atoms with Crippen LogP contribution in [0.3, 0.4) is 0 Å². The van der Waals surface area contributed by atoms with Crippen molar-refractivity contribution in [3.63, 3.8) is 0 Å². The number of carbonyl (C=O) groups excluding carboxylic acids is 1. The van der Waals surface area contributed by atoms with Crippen molar-refractivity contribution in [2.45, 2.75) is 32.6 Å². The summed E-state index contributed by atoms with van der Waals surface area (Å²) in [7, 11) is 0. The van der Waals surface area contributed by atoms with E-state index in [-0.39, 0.29) is 6.54 Å². The number of rotatable bonds is 4. The Kier molecular flexibility index (Phi) is 4.45. The molecule has 0 radical (unpaired) electrons. The zero-order chi connectivity index (χ0) is 15.5. The van der Waals surface area contributed by atoms with Crippen LogP contribution in [0, 0.1) is 18.2 Å². The molecule has 1 aliphatic rings. The fraction of sp³-hybridized carbons (Fsp3) is 0.467. The summed E-state index contributed by atoms with van der Waals surface area (Å²) < 4.78 is 13.1. The molecule has 1 aromatic carbocycles. The van der Waals surface area contributed by atoms with Crippen molar-refractivity contribution in [1.29, 1.82) is 0 Å². The molecule has 0 heterocycles. The fourth-order valence-electron chi connectivity index (χ4n) is 2.66. The van der Waals surface area contributed by atoms with Crippen LogP contribution >= 0.6 is 0 Å². The molecule has 1 saturated carbocycles. The lowest BCUT2D eigenvalue weighted by Crippen LogP contribution is -2.42. The smallest absolute Gasteiger partial charge is 0.319 e. The third-order valence-corrected chi connectivity index (χ3v) is 4.05. The molecular weight excluding hydrogens is 275 g/mol. The number of benzene rings is 1. The first kappa shape index (κ1) is 15.3. The first-order valence-corrected chi connectivity index (χ1v) is 6.97. The zero-order valence-corrected chi connectivity index (χ0v) is 11.9. The number of carboxylic acids is 1. The number of aryl methyl sites for hydroxylation is 1. The van der Waals surface area contributed by atoms with Gasteiger partial charge in [0.2, 0.25) is 0 Å². The van der Waals surface area contributed by atoms with E-state index in [0.29, 0.717) is 18.5 Å². The van der Waals surface area contributed by atoms with Crippen molar-refractivity contribution in [1.82, 2.24) is 5.32 Å². The molecule has 6 heteroatoms. The number of nitrogens with one attached hydrogen (secondary N) is 2. The average Bonchev–Trinajstić information content (AvgIpc) is 2.91. The number of halogens is 1. The molecule has 0 unspecified atom stereocenters. The molecule has 2 rings (SSSR count). The van der Waals surface area contributed by atoms with Crippen LogP contribution in [0.4, 0.5) is 14.9 Å². The number of anilines is 1. The molecule has 3 N–H and O–H groups in total. The number of hydrogen-bond acceptors (Lipinski definition) is 2.